The number of halogens is 2. The fraction of sp³-hybridized carbons (Fsp3) is 0.182. The number of aromatic nitrogens is 1. The van der Waals surface area contributed by atoms with Crippen LogP contribution < -0.4 is 10.2 Å². The summed E-state index contributed by atoms with van der Waals surface area (Å²) < 4.78 is 7.43. The van der Waals surface area contributed by atoms with Crippen LogP contribution in [-0.4, -0.2) is 23.3 Å². The summed E-state index contributed by atoms with van der Waals surface area (Å²) in [5.41, 5.74) is 6.84. The van der Waals surface area contributed by atoms with Gasteiger partial charge in [-0.25, -0.2) is 5.43 Å². The Labute approximate surface area is 179 Å². The summed E-state index contributed by atoms with van der Waals surface area (Å²) in [6.45, 7) is 6.46. The van der Waals surface area contributed by atoms with Gasteiger partial charge in [0.15, 0.2) is 0 Å². The van der Waals surface area contributed by atoms with Gasteiger partial charge in [0.05, 0.1) is 22.9 Å². The third-order valence-corrected chi connectivity index (χ3v) is 5.17. The summed E-state index contributed by atoms with van der Waals surface area (Å²) in [5, 5.41) is 5.11. The molecule has 0 aliphatic rings. The van der Waals surface area contributed by atoms with Gasteiger partial charge in [0.25, 0.3) is 5.91 Å². The molecule has 1 amide bonds. The second-order valence-corrected chi connectivity index (χ2v) is 7.23. The van der Waals surface area contributed by atoms with E-state index in [4.69, 9.17) is 27.9 Å². The lowest BCUT2D eigenvalue weighted by Crippen LogP contribution is -2.17. The zero-order valence-corrected chi connectivity index (χ0v) is 17.9. The predicted octanol–water partition coefficient (Wildman–Crippen LogP) is 5.56. The summed E-state index contributed by atoms with van der Waals surface area (Å²) in [4.78, 5) is 12.3. The summed E-state index contributed by atoms with van der Waals surface area (Å²) in [6.07, 6.45) is 1.63. The van der Waals surface area contributed by atoms with E-state index in [2.05, 4.69) is 15.1 Å². The van der Waals surface area contributed by atoms with Crippen LogP contribution in [0.3, 0.4) is 0 Å². The molecule has 0 saturated carbocycles. The number of nitrogens with one attached hydrogen (secondary N) is 1. The summed E-state index contributed by atoms with van der Waals surface area (Å²) in [5.74, 6) is 0.435. The molecule has 150 valence electrons. The smallest absolute Gasteiger partial charge is 0.271 e. The van der Waals surface area contributed by atoms with Crippen molar-refractivity contribution in [2.45, 2.75) is 20.8 Å². The molecule has 0 aliphatic heterocycles. The van der Waals surface area contributed by atoms with Gasteiger partial charge in [-0.05, 0) is 69.3 Å². The van der Waals surface area contributed by atoms with Crippen molar-refractivity contribution in [3.05, 3.63) is 81.1 Å². The van der Waals surface area contributed by atoms with Crippen molar-refractivity contribution < 1.29 is 9.53 Å². The topological polar surface area (TPSA) is 55.6 Å². The molecule has 5 nitrogen and oxygen atoms in total. The van der Waals surface area contributed by atoms with E-state index in [-0.39, 0.29) is 5.91 Å². The molecule has 0 radical (unpaired) electrons. The van der Waals surface area contributed by atoms with Crippen LogP contribution in [0.4, 0.5) is 0 Å². The van der Waals surface area contributed by atoms with E-state index in [9.17, 15) is 4.79 Å². The van der Waals surface area contributed by atoms with Gasteiger partial charge in [-0.1, -0.05) is 23.2 Å². The fourth-order valence-corrected chi connectivity index (χ4v) is 3.33. The molecule has 0 aliphatic carbocycles. The fourth-order valence-electron chi connectivity index (χ4n) is 3.03. The summed E-state index contributed by atoms with van der Waals surface area (Å²) >= 11 is 12.2. The number of hydrazone groups is 1. The van der Waals surface area contributed by atoms with Gasteiger partial charge in [0, 0.05) is 28.2 Å². The van der Waals surface area contributed by atoms with Crippen molar-refractivity contribution in [3.8, 4) is 11.4 Å². The van der Waals surface area contributed by atoms with Crippen molar-refractivity contribution >= 4 is 35.3 Å². The number of aryl methyl sites for hydroxylation is 1. The van der Waals surface area contributed by atoms with Crippen LogP contribution in [0, 0.1) is 13.8 Å². The van der Waals surface area contributed by atoms with Gasteiger partial charge in [-0.2, -0.15) is 5.10 Å². The molecule has 1 heterocycles. The molecule has 0 bridgehead atoms. The van der Waals surface area contributed by atoms with Crippen molar-refractivity contribution in [1.82, 2.24) is 9.99 Å². The van der Waals surface area contributed by atoms with Crippen LogP contribution >= 0.6 is 23.2 Å². The second-order valence-electron chi connectivity index (χ2n) is 6.42. The number of amides is 1. The lowest BCUT2D eigenvalue weighted by Gasteiger charge is -2.10. The van der Waals surface area contributed by atoms with Gasteiger partial charge in [0.1, 0.15) is 5.75 Å². The lowest BCUT2D eigenvalue weighted by molar-refractivity contribution is 0.0955. The molecule has 0 fully saturated rings. The molecular formula is C22H21Cl2N3O2. The number of hydrogen-bond donors (Lipinski definition) is 1. The molecule has 1 aromatic heterocycles. The van der Waals surface area contributed by atoms with Crippen LogP contribution in [0.2, 0.25) is 10.0 Å². The minimum Gasteiger partial charge on any atom is -0.494 e. The Morgan fingerprint density at radius 2 is 1.83 bits per heavy atom. The number of rotatable bonds is 6. The molecule has 0 atom stereocenters. The zero-order valence-electron chi connectivity index (χ0n) is 16.4. The van der Waals surface area contributed by atoms with E-state index in [0.29, 0.717) is 22.2 Å². The highest BCUT2D eigenvalue weighted by Gasteiger charge is 2.11. The Bertz CT molecular complexity index is 1060. The molecule has 3 aromatic rings. The minimum absolute atomic E-state index is 0.289. The number of carbonyl (C=O) groups excluding carboxylic acids is 1. The van der Waals surface area contributed by atoms with E-state index in [1.165, 1.54) is 0 Å². The number of benzene rings is 2. The Balaban J connectivity index is 1.74. The minimum atomic E-state index is -0.289. The molecule has 7 heteroatoms. The van der Waals surface area contributed by atoms with E-state index >= 15 is 0 Å². The first kappa shape index (κ1) is 21.0. The van der Waals surface area contributed by atoms with E-state index in [0.717, 1.165) is 28.4 Å². The lowest BCUT2D eigenvalue weighted by atomic mass is 10.2. The van der Waals surface area contributed by atoms with E-state index < -0.39 is 0 Å². The highest BCUT2D eigenvalue weighted by Crippen LogP contribution is 2.27. The van der Waals surface area contributed by atoms with Crippen LogP contribution in [0.25, 0.3) is 5.69 Å². The van der Waals surface area contributed by atoms with Crippen molar-refractivity contribution in [1.29, 1.82) is 0 Å². The standard InChI is InChI=1S/C22H21Cl2N3O2/c1-4-29-19-8-5-16(6-9-19)22(28)26-25-13-17-11-14(2)27(15(17)3)18-7-10-20(23)21(24)12-18/h5-13H,4H2,1-3H3,(H,26,28)/b25-13+. The van der Waals surface area contributed by atoms with Gasteiger partial charge in [-0.3, -0.25) is 4.79 Å². The quantitative estimate of drug-likeness (QED) is 0.411. The first-order valence-corrected chi connectivity index (χ1v) is 9.87. The number of hydrogen-bond acceptors (Lipinski definition) is 3. The molecule has 0 spiro atoms. The van der Waals surface area contributed by atoms with E-state index in [1.54, 1.807) is 36.5 Å². The highest BCUT2D eigenvalue weighted by molar-refractivity contribution is 6.42. The highest BCUT2D eigenvalue weighted by atomic mass is 35.5. The van der Waals surface area contributed by atoms with Crippen molar-refractivity contribution in [2.75, 3.05) is 6.61 Å². The molecule has 0 unspecified atom stereocenters. The number of ether oxygens (including phenoxy) is 1. The maximum Gasteiger partial charge on any atom is 0.271 e. The van der Waals surface area contributed by atoms with Crippen molar-refractivity contribution in [3.63, 3.8) is 0 Å². The third kappa shape index (κ3) is 4.81. The Kier molecular flexibility index (Phi) is 6.62. The van der Waals surface area contributed by atoms with Crippen molar-refractivity contribution in [2.24, 2.45) is 5.10 Å². The molecule has 1 N–H and O–H groups in total. The van der Waals surface area contributed by atoms with Gasteiger partial charge in [0.2, 0.25) is 0 Å². The Morgan fingerprint density at radius 1 is 1.10 bits per heavy atom. The first-order chi connectivity index (χ1) is 13.9. The first-order valence-electron chi connectivity index (χ1n) is 9.11. The normalized spacial score (nSPS) is 11.1. The molecule has 3 rings (SSSR count). The number of nitrogens with zero attached hydrogens (tertiary/aromatic N) is 2. The van der Waals surface area contributed by atoms with Crippen LogP contribution in [-0.2, 0) is 0 Å². The van der Waals surface area contributed by atoms with Crippen LogP contribution in [0.1, 0.15) is 34.2 Å². The molecule has 2 aromatic carbocycles. The summed E-state index contributed by atoms with van der Waals surface area (Å²) in [6, 6.07) is 14.4. The zero-order chi connectivity index (χ0) is 21.0. The predicted molar refractivity (Wildman–Crippen MR) is 118 cm³/mol. The Hall–Kier alpha value is -2.76. The molecule has 0 saturated heterocycles. The molecule has 29 heavy (non-hydrogen) atoms. The second kappa shape index (κ2) is 9.16. The maximum absolute atomic E-state index is 12.3. The van der Waals surface area contributed by atoms with Gasteiger partial charge >= 0.3 is 0 Å². The largest absolute Gasteiger partial charge is 0.494 e. The third-order valence-electron chi connectivity index (χ3n) is 4.43. The summed E-state index contributed by atoms with van der Waals surface area (Å²) in [7, 11) is 0. The average molecular weight is 430 g/mol. The van der Waals surface area contributed by atoms with Gasteiger partial charge < -0.3 is 9.30 Å². The number of carbonyl (C=O) groups is 1. The SMILES string of the molecule is CCOc1ccc(C(=O)N/N=C/c2cc(C)n(-c3ccc(Cl)c(Cl)c3)c2C)cc1. The van der Waals surface area contributed by atoms with Crippen LogP contribution in [0.5, 0.6) is 5.75 Å². The van der Waals surface area contributed by atoms with E-state index in [1.807, 2.05) is 39.0 Å². The monoisotopic (exact) mass is 429 g/mol. The Morgan fingerprint density at radius 3 is 2.48 bits per heavy atom. The average Bonchev–Trinajstić information content (AvgIpc) is 2.98. The molecular weight excluding hydrogens is 409 g/mol. The maximum atomic E-state index is 12.3. The van der Waals surface area contributed by atoms with Crippen LogP contribution in [0.15, 0.2) is 53.6 Å². The van der Waals surface area contributed by atoms with Gasteiger partial charge in [-0.15, -0.1) is 0 Å².